The van der Waals surface area contributed by atoms with E-state index in [1.54, 1.807) is 0 Å². The van der Waals surface area contributed by atoms with E-state index in [9.17, 15) is 4.39 Å². The number of morpholine rings is 1. The molecule has 0 aromatic heterocycles. The minimum absolute atomic E-state index is 0.197. The van der Waals surface area contributed by atoms with Gasteiger partial charge in [0.05, 0.1) is 13.2 Å². The van der Waals surface area contributed by atoms with E-state index in [1.165, 1.54) is 17.7 Å². The Labute approximate surface area is 141 Å². The third-order valence-electron chi connectivity index (χ3n) is 4.38. The standard InChI is InChI=1S/C19H21ClFNO/c20-17-5-1-15(2-6-17)19(16-3-7-18(21)8-4-16)9-10-22-11-13-23-14-12-22/h1-8,19H,9-14H2/t19-/m0/s1. The zero-order chi connectivity index (χ0) is 16.1. The largest absolute Gasteiger partial charge is 0.379 e. The SMILES string of the molecule is Fc1ccc([C@@H](CCN2CCOCC2)c2ccc(Cl)cc2)cc1. The van der Waals surface area contributed by atoms with Gasteiger partial charge in [-0.15, -0.1) is 0 Å². The van der Waals surface area contributed by atoms with Crippen molar-refractivity contribution in [1.82, 2.24) is 4.90 Å². The molecule has 1 heterocycles. The highest BCUT2D eigenvalue weighted by molar-refractivity contribution is 6.30. The number of halogens is 2. The number of rotatable bonds is 5. The van der Waals surface area contributed by atoms with Crippen molar-refractivity contribution in [3.63, 3.8) is 0 Å². The summed E-state index contributed by atoms with van der Waals surface area (Å²) in [4.78, 5) is 2.43. The first-order valence-corrected chi connectivity index (χ1v) is 8.41. The summed E-state index contributed by atoms with van der Waals surface area (Å²) >= 11 is 6.01. The molecule has 0 radical (unpaired) electrons. The van der Waals surface area contributed by atoms with Crippen molar-refractivity contribution >= 4 is 11.6 Å². The lowest BCUT2D eigenvalue weighted by Gasteiger charge is -2.28. The van der Waals surface area contributed by atoms with Gasteiger partial charge < -0.3 is 4.74 Å². The fourth-order valence-corrected chi connectivity index (χ4v) is 3.18. The molecule has 1 saturated heterocycles. The van der Waals surface area contributed by atoms with E-state index in [1.807, 2.05) is 24.3 Å². The highest BCUT2D eigenvalue weighted by Crippen LogP contribution is 2.29. The Morgan fingerprint density at radius 2 is 1.52 bits per heavy atom. The van der Waals surface area contributed by atoms with Crippen molar-refractivity contribution in [2.24, 2.45) is 0 Å². The maximum atomic E-state index is 13.2. The van der Waals surface area contributed by atoms with E-state index in [0.717, 1.165) is 49.9 Å². The summed E-state index contributed by atoms with van der Waals surface area (Å²) in [6.07, 6.45) is 0.993. The van der Waals surface area contributed by atoms with E-state index in [-0.39, 0.29) is 11.7 Å². The lowest BCUT2D eigenvalue weighted by Crippen LogP contribution is -2.37. The monoisotopic (exact) mass is 333 g/mol. The summed E-state index contributed by atoms with van der Waals surface area (Å²) in [7, 11) is 0. The number of hydrogen-bond acceptors (Lipinski definition) is 2. The van der Waals surface area contributed by atoms with Gasteiger partial charge in [-0.25, -0.2) is 4.39 Å². The van der Waals surface area contributed by atoms with Crippen molar-refractivity contribution in [2.75, 3.05) is 32.8 Å². The average Bonchev–Trinajstić information content (AvgIpc) is 2.59. The zero-order valence-corrected chi connectivity index (χ0v) is 13.8. The van der Waals surface area contributed by atoms with Crippen LogP contribution in [0.25, 0.3) is 0 Å². The smallest absolute Gasteiger partial charge is 0.123 e. The first-order chi connectivity index (χ1) is 11.2. The van der Waals surface area contributed by atoms with E-state index in [4.69, 9.17) is 16.3 Å². The van der Waals surface area contributed by atoms with Crippen LogP contribution >= 0.6 is 11.6 Å². The van der Waals surface area contributed by atoms with Crippen LogP contribution in [0.1, 0.15) is 23.5 Å². The van der Waals surface area contributed by atoms with Crippen LogP contribution < -0.4 is 0 Å². The van der Waals surface area contributed by atoms with E-state index < -0.39 is 0 Å². The van der Waals surface area contributed by atoms with E-state index >= 15 is 0 Å². The molecule has 1 aliphatic heterocycles. The fourth-order valence-electron chi connectivity index (χ4n) is 3.05. The van der Waals surface area contributed by atoms with Gasteiger partial charge in [-0.2, -0.15) is 0 Å². The molecule has 2 aromatic carbocycles. The molecule has 0 saturated carbocycles. The van der Waals surface area contributed by atoms with Crippen molar-refractivity contribution in [3.8, 4) is 0 Å². The average molecular weight is 334 g/mol. The Morgan fingerprint density at radius 1 is 0.957 bits per heavy atom. The summed E-state index contributed by atoms with van der Waals surface area (Å²) in [5.41, 5.74) is 2.36. The van der Waals surface area contributed by atoms with Gasteiger partial charge in [0, 0.05) is 24.0 Å². The Balaban J connectivity index is 1.77. The number of benzene rings is 2. The van der Waals surface area contributed by atoms with Crippen molar-refractivity contribution in [1.29, 1.82) is 0 Å². The lowest BCUT2D eigenvalue weighted by molar-refractivity contribution is 0.0369. The Morgan fingerprint density at radius 3 is 2.13 bits per heavy atom. The molecule has 0 spiro atoms. The molecular weight excluding hydrogens is 313 g/mol. The minimum Gasteiger partial charge on any atom is -0.379 e. The number of ether oxygens (including phenoxy) is 1. The molecule has 1 atom stereocenters. The topological polar surface area (TPSA) is 12.5 Å². The molecule has 23 heavy (non-hydrogen) atoms. The molecule has 2 aromatic rings. The molecule has 1 fully saturated rings. The van der Waals surface area contributed by atoms with E-state index in [0.29, 0.717) is 0 Å². The highest BCUT2D eigenvalue weighted by Gasteiger charge is 2.17. The summed E-state index contributed by atoms with van der Waals surface area (Å²) in [6, 6.07) is 14.8. The summed E-state index contributed by atoms with van der Waals surface area (Å²) in [5.74, 6) is 0.0486. The first-order valence-electron chi connectivity index (χ1n) is 8.03. The fraction of sp³-hybridized carbons (Fsp3) is 0.368. The number of nitrogens with zero attached hydrogens (tertiary/aromatic N) is 1. The van der Waals surface area contributed by atoms with E-state index in [2.05, 4.69) is 17.0 Å². The quantitative estimate of drug-likeness (QED) is 0.807. The molecule has 0 bridgehead atoms. The predicted molar refractivity (Wildman–Crippen MR) is 91.6 cm³/mol. The van der Waals surface area contributed by atoms with Crippen LogP contribution in [0.2, 0.25) is 5.02 Å². The maximum absolute atomic E-state index is 13.2. The van der Waals surface area contributed by atoms with Crippen LogP contribution in [0, 0.1) is 5.82 Å². The van der Waals surface area contributed by atoms with Crippen LogP contribution in [0.15, 0.2) is 48.5 Å². The van der Waals surface area contributed by atoms with Gasteiger partial charge in [0.2, 0.25) is 0 Å². The van der Waals surface area contributed by atoms with Crippen LogP contribution in [0.3, 0.4) is 0 Å². The second-order valence-electron chi connectivity index (χ2n) is 5.90. The highest BCUT2D eigenvalue weighted by atomic mass is 35.5. The van der Waals surface area contributed by atoms with Gasteiger partial charge in [-0.3, -0.25) is 4.90 Å². The molecule has 3 rings (SSSR count). The Hall–Kier alpha value is -1.42. The van der Waals surface area contributed by atoms with Crippen LogP contribution in [-0.4, -0.2) is 37.7 Å². The summed E-state index contributed by atoms with van der Waals surface area (Å²) in [5, 5.41) is 0.736. The minimum atomic E-state index is -0.197. The summed E-state index contributed by atoms with van der Waals surface area (Å²) in [6.45, 7) is 4.59. The molecular formula is C19H21ClFNO. The van der Waals surface area contributed by atoms with Crippen LogP contribution in [0.4, 0.5) is 4.39 Å². The van der Waals surface area contributed by atoms with Gasteiger partial charge in [0.25, 0.3) is 0 Å². The molecule has 2 nitrogen and oxygen atoms in total. The molecule has 4 heteroatoms. The first kappa shape index (κ1) is 16.4. The number of hydrogen-bond donors (Lipinski definition) is 0. The molecule has 0 unspecified atom stereocenters. The maximum Gasteiger partial charge on any atom is 0.123 e. The molecule has 0 N–H and O–H groups in total. The second-order valence-corrected chi connectivity index (χ2v) is 6.33. The lowest BCUT2D eigenvalue weighted by atomic mass is 9.88. The second kappa shape index (κ2) is 7.91. The molecule has 122 valence electrons. The Bertz CT molecular complexity index is 563. The van der Waals surface area contributed by atoms with Gasteiger partial charge >= 0.3 is 0 Å². The molecule has 0 aliphatic carbocycles. The van der Waals surface area contributed by atoms with Gasteiger partial charge in [-0.05, 0) is 48.4 Å². The van der Waals surface area contributed by atoms with Crippen molar-refractivity contribution in [2.45, 2.75) is 12.3 Å². The third-order valence-corrected chi connectivity index (χ3v) is 4.63. The van der Waals surface area contributed by atoms with Gasteiger partial charge in [0.15, 0.2) is 0 Å². The summed E-state index contributed by atoms with van der Waals surface area (Å²) < 4.78 is 18.6. The van der Waals surface area contributed by atoms with Crippen LogP contribution in [-0.2, 0) is 4.74 Å². The molecule has 0 amide bonds. The predicted octanol–water partition coefficient (Wildman–Crippen LogP) is 4.33. The Kier molecular flexibility index (Phi) is 5.65. The van der Waals surface area contributed by atoms with Crippen LogP contribution in [0.5, 0.6) is 0 Å². The molecule has 1 aliphatic rings. The van der Waals surface area contributed by atoms with Crippen molar-refractivity contribution < 1.29 is 9.13 Å². The normalized spacial score (nSPS) is 17.1. The zero-order valence-electron chi connectivity index (χ0n) is 13.1. The third kappa shape index (κ3) is 4.54. The van der Waals surface area contributed by atoms with Gasteiger partial charge in [0.1, 0.15) is 5.82 Å². The van der Waals surface area contributed by atoms with Gasteiger partial charge in [-0.1, -0.05) is 35.9 Å². The van der Waals surface area contributed by atoms with Crippen molar-refractivity contribution in [3.05, 3.63) is 70.5 Å².